The molecular weight excluding hydrogens is 420 g/mol. The molecule has 9 heteroatoms. The standard InChI is InChI=1S/C24H20N6O3/c1-33-20-12-5-3-10-18(20)21-27-28-24-29(14-15-7-6-8-16(13-15)26-23(25)32)22(31)17-9-2-4-11-19(17)30(21)24/h2-13H,14H2,1H3,(H3,25,26,32). The maximum atomic E-state index is 13.4. The summed E-state index contributed by atoms with van der Waals surface area (Å²) in [6, 6.07) is 21.4. The van der Waals surface area contributed by atoms with Crippen LogP contribution in [0.5, 0.6) is 5.75 Å². The van der Waals surface area contributed by atoms with E-state index in [1.54, 1.807) is 35.9 Å². The zero-order chi connectivity index (χ0) is 22.9. The van der Waals surface area contributed by atoms with Gasteiger partial charge in [-0.1, -0.05) is 36.4 Å². The van der Waals surface area contributed by atoms with E-state index >= 15 is 0 Å². The van der Waals surface area contributed by atoms with Crippen molar-refractivity contribution in [2.24, 2.45) is 5.73 Å². The van der Waals surface area contributed by atoms with Crippen LogP contribution in [0.1, 0.15) is 5.56 Å². The average Bonchev–Trinajstić information content (AvgIpc) is 3.26. The van der Waals surface area contributed by atoms with Crippen LogP contribution in [0.3, 0.4) is 0 Å². The van der Waals surface area contributed by atoms with E-state index < -0.39 is 6.03 Å². The number of aromatic nitrogens is 4. The molecule has 0 aliphatic rings. The van der Waals surface area contributed by atoms with E-state index in [1.807, 2.05) is 52.9 Å². The third-order valence-corrected chi connectivity index (χ3v) is 5.39. The summed E-state index contributed by atoms with van der Waals surface area (Å²) in [7, 11) is 1.60. The van der Waals surface area contributed by atoms with Gasteiger partial charge < -0.3 is 15.8 Å². The number of fused-ring (bicyclic) bond motifs is 3. The molecule has 3 aromatic carbocycles. The molecule has 0 unspecified atom stereocenters. The summed E-state index contributed by atoms with van der Waals surface area (Å²) < 4.78 is 8.96. The van der Waals surface area contributed by atoms with Crippen LogP contribution in [0.25, 0.3) is 28.1 Å². The fourth-order valence-corrected chi connectivity index (χ4v) is 3.98. The lowest BCUT2D eigenvalue weighted by molar-refractivity contribution is 0.259. The second kappa shape index (κ2) is 8.12. The van der Waals surface area contributed by atoms with E-state index in [1.165, 1.54) is 0 Å². The summed E-state index contributed by atoms with van der Waals surface area (Å²) in [5, 5.41) is 11.9. The lowest BCUT2D eigenvalue weighted by atomic mass is 10.1. The number of urea groups is 1. The summed E-state index contributed by atoms with van der Waals surface area (Å²) in [6.07, 6.45) is 0. The summed E-state index contributed by atoms with van der Waals surface area (Å²) in [4.78, 5) is 24.7. The van der Waals surface area contributed by atoms with Gasteiger partial charge in [0.25, 0.3) is 5.56 Å². The SMILES string of the molecule is COc1ccccc1-c1nnc2n(Cc3cccc(NC(N)=O)c3)c(=O)c3ccccc3n12. The number of ether oxygens (including phenoxy) is 1. The summed E-state index contributed by atoms with van der Waals surface area (Å²) >= 11 is 0. The Labute approximate surface area is 188 Å². The fraction of sp³-hybridized carbons (Fsp3) is 0.0833. The van der Waals surface area contributed by atoms with E-state index in [2.05, 4.69) is 15.5 Å². The van der Waals surface area contributed by atoms with Crippen molar-refractivity contribution in [3.05, 3.63) is 88.7 Å². The van der Waals surface area contributed by atoms with E-state index in [0.29, 0.717) is 33.9 Å². The topological polar surface area (TPSA) is 117 Å². The first-order valence-electron chi connectivity index (χ1n) is 10.2. The van der Waals surface area contributed by atoms with Crippen LogP contribution in [0.4, 0.5) is 10.5 Å². The van der Waals surface area contributed by atoms with Crippen molar-refractivity contribution in [3.8, 4) is 17.1 Å². The lowest BCUT2D eigenvalue weighted by Crippen LogP contribution is -2.24. The van der Waals surface area contributed by atoms with Crippen LogP contribution in [-0.4, -0.2) is 32.3 Å². The van der Waals surface area contributed by atoms with Gasteiger partial charge in [-0.25, -0.2) is 4.79 Å². The molecule has 33 heavy (non-hydrogen) atoms. The number of hydrogen-bond donors (Lipinski definition) is 2. The number of carbonyl (C=O) groups is 1. The Balaban J connectivity index is 1.75. The minimum Gasteiger partial charge on any atom is -0.496 e. The number of primary amides is 1. The van der Waals surface area contributed by atoms with Gasteiger partial charge in [-0.15, -0.1) is 10.2 Å². The van der Waals surface area contributed by atoms with Crippen molar-refractivity contribution in [2.75, 3.05) is 12.4 Å². The molecule has 0 bridgehead atoms. The number of anilines is 1. The Kier molecular flexibility index (Phi) is 4.98. The Morgan fingerprint density at radius 3 is 2.64 bits per heavy atom. The first-order chi connectivity index (χ1) is 16.1. The van der Waals surface area contributed by atoms with Crippen LogP contribution in [0.2, 0.25) is 0 Å². The predicted molar refractivity (Wildman–Crippen MR) is 125 cm³/mol. The molecular formula is C24H20N6O3. The fourth-order valence-electron chi connectivity index (χ4n) is 3.98. The maximum Gasteiger partial charge on any atom is 0.316 e. The van der Waals surface area contributed by atoms with Gasteiger partial charge in [-0.2, -0.15) is 0 Å². The van der Waals surface area contributed by atoms with Crippen molar-refractivity contribution in [2.45, 2.75) is 6.54 Å². The molecule has 0 radical (unpaired) electrons. The van der Waals surface area contributed by atoms with Gasteiger partial charge in [-0.3, -0.25) is 13.8 Å². The van der Waals surface area contributed by atoms with Crippen molar-refractivity contribution in [1.29, 1.82) is 0 Å². The number of nitrogens with two attached hydrogens (primary N) is 1. The summed E-state index contributed by atoms with van der Waals surface area (Å²) in [5.41, 5.74) is 7.84. The van der Waals surface area contributed by atoms with Gasteiger partial charge in [-0.05, 0) is 42.0 Å². The molecule has 0 aliphatic heterocycles. The molecule has 3 N–H and O–H groups in total. The van der Waals surface area contributed by atoms with Gasteiger partial charge in [0.1, 0.15) is 5.75 Å². The van der Waals surface area contributed by atoms with Crippen molar-refractivity contribution < 1.29 is 9.53 Å². The first-order valence-corrected chi connectivity index (χ1v) is 10.2. The highest BCUT2D eigenvalue weighted by Crippen LogP contribution is 2.30. The van der Waals surface area contributed by atoms with Crippen molar-refractivity contribution >= 4 is 28.4 Å². The van der Waals surface area contributed by atoms with Crippen molar-refractivity contribution in [3.63, 3.8) is 0 Å². The number of benzene rings is 3. The highest BCUT2D eigenvalue weighted by Gasteiger charge is 2.19. The number of nitrogens with zero attached hydrogens (tertiary/aromatic N) is 4. The molecule has 0 atom stereocenters. The molecule has 164 valence electrons. The molecule has 0 fully saturated rings. The van der Waals surface area contributed by atoms with E-state index in [-0.39, 0.29) is 12.1 Å². The van der Waals surface area contributed by atoms with Gasteiger partial charge in [0.2, 0.25) is 5.78 Å². The third kappa shape index (κ3) is 3.55. The number of hydrogen-bond acceptors (Lipinski definition) is 5. The highest BCUT2D eigenvalue weighted by atomic mass is 16.5. The molecule has 0 saturated carbocycles. The van der Waals surface area contributed by atoms with Gasteiger partial charge in [0, 0.05) is 5.69 Å². The second-order valence-electron chi connectivity index (χ2n) is 7.46. The molecule has 9 nitrogen and oxygen atoms in total. The molecule has 2 amide bonds. The monoisotopic (exact) mass is 440 g/mol. The normalized spacial score (nSPS) is 11.1. The summed E-state index contributed by atoms with van der Waals surface area (Å²) in [5.74, 6) is 1.61. The average molecular weight is 440 g/mol. The maximum absolute atomic E-state index is 13.4. The predicted octanol–water partition coefficient (Wildman–Crippen LogP) is 3.26. The Bertz CT molecular complexity index is 1570. The number of carbonyl (C=O) groups excluding carboxylic acids is 1. The van der Waals surface area contributed by atoms with Crippen LogP contribution >= 0.6 is 0 Å². The van der Waals surface area contributed by atoms with E-state index in [9.17, 15) is 9.59 Å². The first kappa shape index (κ1) is 20.3. The van der Waals surface area contributed by atoms with Gasteiger partial charge >= 0.3 is 6.03 Å². The Morgan fingerprint density at radius 2 is 1.82 bits per heavy atom. The number of para-hydroxylation sites is 2. The quantitative estimate of drug-likeness (QED) is 0.435. The van der Waals surface area contributed by atoms with Crippen molar-refractivity contribution in [1.82, 2.24) is 19.2 Å². The third-order valence-electron chi connectivity index (χ3n) is 5.39. The van der Waals surface area contributed by atoms with E-state index in [0.717, 1.165) is 11.1 Å². The zero-order valence-electron chi connectivity index (χ0n) is 17.7. The molecule has 0 spiro atoms. The van der Waals surface area contributed by atoms with Crippen LogP contribution in [-0.2, 0) is 6.54 Å². The molecule has 5 aromatic rings. The number of rotatable bonds is 5. The Morgan fingerprint density at radius 1 is 1.03 bits per heavy atom. The van der Waals surface area contributed by atoms with Crippen LogP contribution in [0.15, 0.2) is 77.6 Å². The molecule has 2 aromatic heterocycles. The number of amides is 2. The van der Waals surface area contributed by atoms with Gasteiger partial charge in [0.15, 0.2) is 5.82 Å². The largest absolute Gasteiger partial charge is 0.496 e. The van der Waals surface area contributed by atoms with E-state index in [4.69, 9.17) is 10.5 Å². The molecule has 0 saturated heterocycles. The van der Waals surface area contributed by atoms with Crippen LogP contribution < -0.4 is 21.3 Å². The molecule has 0 aliphatic carbocycles. The minimum atomic E-state index is -0.656. The second-order valence-corrected chi connectivity index (χ2v) is 7.46. The lowest BCUT2D eigenvalue weighted by Gasteiger charge is -2.13. The van der Waals surface area contributed by atoms with Gasteiger partial charge in [0.05, 0.1) is 30.1 Å². The number of methoxy groups -OCH3 is 1. The summed E-state index contributed by atoms with van der Waals surface area (Å²) in [6.45, 7) is 0.228. The molecule has 5 rings (SSSR count). The minimum absolute atomic E-state index is 0.189. The highest BCUT2D eigenvalue weighted by molar-refractivity contribution is 5.88. The van der Waals surface area contributed by atoms with Crippen LogP contribution in [0, 0.1) is 0 Å². The smallest absolute Gasteiger partial charge is 0.316 e. The molecule has 2 heterocycles. The number of nitrogens with one attached hydrogen (secondary N) is 1. The zero-order valence-corrected chi connectivity index (χ0v) is 17.7. The Hall–Kier alpha value is -4.66.